The summed E-state index contributed by atoms with van der Waals surface area (Å²) < 4.78 is 5.33. The first kappa shape index (κ1) is 14.0. The fourth-order valence-electron chi connectivity index (χ4n) is 3.00. The maximum Gasteiger partial charge on any atom is 0.273 e. The van der Waals surface area contributed by atoms with Gasteiger partial charge in [-0.25, -0.2) is 9.97 Å². The minimum Gasteiger partial charge on any atom is -0.447 e. The van der Waals surface area contributed by atoms with Crippen LogP contribution in [0.5, 0.6) is 0 Å². The highest BCUT2D eigenvalue weighted by molar-refractivity contribution is 5.93. The van der Waals surface area contributed by atoms with Crippen molar-refractivity contribution in [2.45, 2.75) is 43.6 Å². The molecular formula is C15H17N5O3. The van der Waals surface area contributed by atoms with Crippen molar-refractivity contribution in [3.8, 4) is 0 Å². The van der Waals surface area contributed by atoms with E-state index in [0.717, 1.165) is 25.7 Å². The van der Waals surface area contributed by atoms with Gasteiger partial charge in [-0.2, -0.15) is 0 Å². The van der Waals surface area contributed by atoms with E-state index in [1.807, 2.05) is 0 Å². The smallest absolute Gasteiger partial charge is 0.273 e. The zero-order valence-corrected chi connectivity index (χ0v) is 12.4. The maximum atomic E-state index is 12.3. The lowest BCUT2D eigenvalue weighted by atomic mass is 9.78. The number of oxazole rings is 1. The molecule has 0 aromatic carbocycles. The molecule has 2 fully saturated rings. The van der Waals surface area contributed by atoms with E-state index >= 15 is 0 Å². The number of nitrogens with one attached hydrogen (secondary N) is 2. The molecule has 0 unspecified atom stereocenters. The topological polar surface area (TPSA) is 127 Å². The molecule has 0 bridgehead atoms. The van der Waals surface area contributed by atoms with Crippen LogP contribution in [0.25, 0.3) is 0 Å². The summed E-state index contributed by atoms with van der Waals surface area (Å²) in [5, 5.41) is 2.96. The van der Waals surface area contributed by atoms with Gasteiger partial charge in [-0.3, -0.25) is 14.6 Å². The van der Waals surface area contributed by atoms with Crippen LogP contribution in [0.1, 0.15) is 59.5 Å². The Morgan fingerprint density at radius 1 is 1.35 bits per heavy atom. The Labute approximate surface area is 131 Å². The molecule has 2 aliphatic rings. The van der Waals surface area contributed by atoms with E-state index in [1.165, 1.54) is 12.5 Å². The molecular weight excluding hydrogens is 298 g/mol. The Morgan fingerprint density at radius 3 is 2.83 bits per heavy atom. The number of nitrogens with two attached hydrogens (primary N) is 1. The predicted octanol–water partition coefficient (Wildman–Crippen LogP) is 0.893. The minimum absolute atomic E-state index is 0.0542. The van der Waals surface area contributed by atoms with Crippen molar-refractivity contribution < 1.29 is 9.21 Å². The lowest BCUT2D eigenvalue weighted by molar-refractivity contribution is 0.0901. The zero-order chi connectivity index (χ0) is 16.0. The summed E-state index contributed by atoms with van der Waals surface area (Å²) in [5.74, 6) is 1.11. The van der Waals surface area contributed by atoms with Crippen LogP contribution in [0.2, 0.25) is 0 Å². The van der Waals surface area contributed by atoms with Crippen molar-refractivity contribution in [3.63, 3.8) is 0 Å². The van der Waals surface area contributed by atoms with E-state index in [4.69, 9.17) is 10.2 Å². The third-order valence-electron chi connectivity index (χ3n) is 4.43. The standard InChI is InChI=1S/C15H17N5O3/c16-15-19-10(5-11(21)20-15)8-3-9(4-8)18-14(22)12-13(7-1-2-7)23-6-17-12/h5-9H,1-4H2,(H,18,22)(H3,16,19,20,21). The largest absolute Gasteiger partial charge is 0.447 e. The van der Waals surface area contributed by atoms with Crippen LogP contribution in [-0.2, 0) is 0 Å². The molecule has 2 aromatic rings. The summed E-state index contributed by atoms with van der Waals surface area (Å²) in [4.78, 5) is 34.3. The summed E-state index contributed by atoms with van der Waals surface area (Å²) in [6.45, 7) is 0. The highest BCUT2D eigenvalue weighted by Crippen LogP contribution is 2.41. The zero-order valence-electron chi connectivity index (χ0n) is 12.4. The fraction of sp³-hybridized carbons (Fsp3) is 0.467. The number of hydrogen-bond donors (Lipinski definition) is 3. The summed E-state index contributed by atoms with van der Waals surface area (Å²) in [5.41, 5.74) is 6.37. The average Bonchev–Trinajstić information content (AvgIpc) is 3.18. The molecule has 0 atom stereocenters. The number of aromatic amines is 1. The number of hydrogen-bond acceptors (Lipinski definition) is 6. The van der Waals surface area contributed by atoms with Crippen molar-refractivity contribution in [1.82, 2.24) is 20.3 Å². The number of anilines is 1. The Bertz CT molecular complexity index is 801. The van der Waals surface area contributed by atoms with Gasteiger partial charge in [-0.05, 0) is 25.7 Å². The SMILES string of the molecule is Nc1nc(C2CC(NC(=O)c3ncoc3C3CC3)C2)cc(=O)[nH]1. The molecule has 120 valence electrons. The summed E-state index contributed by atoms with van der Waals surface area (Å²) >= 11 is 0. The molecule has 8 heteroatoms. The molecule has 0 aliphatic heterocycles. The first-order chi connectivity index (χ1) is 11.1. The number of carbonyl (C=O) groups excluding carboxylic acids is 1. The van der Waals surface area contributed by atoms with Crippen LogP contribution in [0.4, 0.5) is 5.95 Å². The van der Waals surface area contributed by atoms with Gasteiger partial charge >= 0.3 is 0 Å². The van der Waals surface area contributed by atoms with E-state index in [1.54, 1.807) is 0 Å². The first-order valence-corrected chi connectivity index (χ1v) is 7.71. The summed E-state index contributed by atoms with van der Waals surface area (Å²) in [6.07, 6.45) is 4.90. The molecule has 23 heavy (non-hydrogen) atoms. The summed E-state index contributed by atoms with van der Waals surface area (Å²) in [7, 11) is 0. The molecule has 2 aliphatic carbocycles. The predicted molar refractivity (Wildman–Crippen MR) is 81.0 cm³/mol. The fourth-order valence-corrected chi connectivity index (χ4v) is 3.00. The number of amides is 1. The molecule has 0 saturated heterocycles. The first-order valence-electron chi connectivity index (χ1n) is 7.71. The van der Waals surface area contributed by atoms with Crippen LogP contribution in [-0.4, -0.2) is 26.9 Å². The highest BCUT2D eigenvalue weighted by Gasteiger charge is 2.36. The highest BCUT2D eigenvalue weighted by atomic mass is 16.3. The van der Waals surface area contributed by atoms with Crippen molar-refractivity contribution in [2.24, 2.45) is 0 Å². The number of nitrogen functional groups attached to an aromatic ring is 1. The molecule has 2 saturated carbocycles. The molecule has 8 nitrogen and oxygen atoms in total. The number of carbonyl (C=O) groups is 1. The lowest BCUT2D eigenvalue weighted by Gasteiger charge is -2.35. The molecule has 0 spiro atoms. The third kappa shape index (κ3) is 2.71. The van der Waals surface area contributed by atoms with Crippen LogP contribution in [0.3, 0.4) is 0 Å². The van der Waals surface area contributed by atoms with Gasteiger partial charge in [0.1, 0.15) is 5.76 Å². The maximum absolute atomic E-state index is 12.3. The number of rotatable bonds is 4. The van der Waals surface area contributed by atoms with E-state index in [2.05, 4.69) is 20.3 Å². The monoisotopic (exact) mass is 315 g/mol. The van der Waals surface area contributed by atoms with Gasteiger partial charge in [0.05, 0.1) is 5.69 Å². The Morgan fingerprint density at radius 2 is 2.13 bits per heavy atom. The quantitative estimate of drug-likeness (QED) is 0.769. The second kappa shape index (κ2) is 5.22. The van der Waals surface area contributed by atoms with E-state index in [-0.39, 0.29) is 29.4 Å². The van der Waals surface area contributed by atoms with E-state index in [0.29, 0.717) is 23.1 Å². The van der Waals surface area contributed by atoms with Crippen LogP contribution < -0.4 is 16.6 Å². The molecule has 2 heterocycles. The lowest BCUT2D eigenvalue weighted by Crippen LogP contribution is -2.44. The number of H-pyrrole nitrogens is 1. The van der Waals surface area contributed by atoms with Gasteiger partial charge in [0.15, 0.2) is 12.1 Å². The van der Waals surface area contributed by atoms with Crippen molar-refractivity contribution in [2.75, 3.05) is 5.73 Å². The number of aromatic nitrogens is 3. The molecule has 4 rings (SSSR count). The van der Waals surface area contributed by atoms with Gasteiger partial charge in [0.2, 0.25) is 5.95 Å². The van der Waals surface area contributed by atoms with Crippen LogP contribution in [0, 0.1) is 0 Å². The van der Waals surface area contributed by atoms with E-state index < -0.39 is 0 Å². The van der Waals surface area contributed by atoms with Gasteiger partial charge in [-0.1, -0.05) is 0 Å². The minimum atomic E-state index is -0.253. The second-order valence-corrected chi connectivity index (χ2v) is 6.23. The van der Waals surface area contributed by atoms with Gasteiger partial charge in [-0.15, -0.1) is 0 Å². The Balaban J connectivity index is 1.38. The van der Waals surface area contributed by atoms with Crippen molar-refractivity contribution >= 4 is 11.9 Å². The van der Waals surface area contributed by atoms with E-state index in [9.17, 15) is 9.59 Å². The Kier molecular flexibility index (Phi) is 3.17. The van der Waals surface area contributed by atoms with Crippen LogP contribution >= 0.6 is 0 Å². The normalized spacial score (nSPS) is 23.3. The third-order valence-corrected chi connectivity index (χ3v) is 4.43. The van der Waals surface area contributed by atoms with Crippen molar-refractivity contribution in [1.29, 1.82) is 0 Å². The average molecular weight is 315 g/mol. The van der Waals surface area contributed by atoms with Gasteiger partial charge < -0.3 is 15.5 Å². The Hall–Kier alpha value is -2.64. The van der Waals surface area contributed by atoms with Gasteiger partial charge in [0.25, 0.3) is 11.5 Å². The summed E-state index contributed by atoms with van der Waals surface area (Å²) in [6, 6.07) is 1.51. The van der Waals surface area contributed by atoms with Gasteiger partial charge in [0, 0.05) is 23.9 Å². The second-order valence-electron chi connectivity index (χ2n) is 6.23. The molecule has 4 N–H and O–H groups in total. The van der Waals surface area contributed by atoms with Crippen LogP contribution in [0.15, 0.2) is 21.7 Å². The molecule has 1 amide bonds. The van der Waals surface area contributed by atoms with Crippen molar-refractivity contribution in [3.05, 3.63) is 40.0 Å². The molecule has 0 radical (unpaired) electrons. The molecule has 2 aromatic heterocycles. The number of nitrogens with zero attached hydrogens (tertiary/aromatic N) is 2.